The smallest absolute Gasteiger partial charge is 0.239 e. The van der Waals surface area contributed by atoms with Crippen LogP contribution in [0.4, 0.5) is 5.82 Å². The summed E-state index contributed by atoms with van der Waals surface area (Å²) in [6, 6.07) is 7.45. The number of fused-ring (bicyclic) bond motifs is 3. The van der Waals surface area contributed by atoms with E-state index in [0.29, 0.717) is 5.82 Å². The summed E-state index contributed by atoms with van der Waals surface area (Å²) >= 11 is 0. The third-order valence-corrected chi connectivity index (χ3v) is 3.97. The number of aromatic nitrogens is 3. The van der Waals surface area contributed by atoms with Crippen molar-refractivity contribution in [3.8, 4) is 11.8 Å². The average Bonchev–Trinajstić information content (AvgIpc) is 3.21. The van der Waals surface area contributed by atoms with Gasteiger partial charge in [-0.2, -0.15) is 5.26 Å². The molecule has 3 aromatic rings. The molecule has 6 heteroatoms. The summed E-state index contributed by atoms with van der Waals surface area (Å²) in [7, 11) is 0. The van der Waals surface area contributed by atoms with Crippen molar-refractivity contribution in [2.45, 2.75) is 12.8 Å². The van der Waals surface area contributed by atoms with E-state index in [2.05, 4.69) is 32.0 Å². The van der Waals surface area contributed by atoms with Gasteiger partial charge in [0.15, 0.2) is 0 Å². The van der Waals surface area contributed by atoms with Gasteiger partial charge in [0.2, 0.25) is 5.91 Å². The fourth-order valence-electron chi connectivity index (χ4n) is 2.89. The molecule has 4 rings (SSSR count). The standard InChI is InChI=1S/C18H13N5O/c19-8-6-17(24)22-16-5-4-13(11-21-16)23-9-7-12-10-20-15-3-1-2-14(15)18(12)23/h1-2,4-5,7,9-11H,3,6H2,(H,21,22,24). The van der Waals surface area contributed by atoms with E-state index < -0.39 is 0 Å². The van der Waals surface area contributed by atoms with E-state index in [4.69, 9.17) is 5.26 Å². The third kappa shape index (κ3) is 2.32. The van der Waals surface area contributed by atoms with Gasteiger partial charge in [0.05, 0.1) is 29.2 Å². The number of nitriles is 1. The second-order valence-electron chi connectivity index (χ2n) is 5.50. The summed E-state index contributed by atoms with van der Waals surface area (Å²) in [6.07, 6.45) is 10.5. The Labute approximate surface area is 138 Å². The Balaban J connectivity index is 1.71. The minimum atomic E-state index is -0.363. The highest BCUT2D eigenvalue weighted by Gasteiger charge is 2.14. The first-order valence-corrected chi connectivity index (χ1v) is 7.55. The van der Waals surface area contributed by atoms with E-state index in [1.54, 1.807) is 12.3 Å². The summed E-state index contributed by atoms with van der Waals surface area (Å²) in [6.45, 7) is 0. The fourth-order valence-corrected chi connectivity index (χ4v) is 2.89. The van der Waals surface area contributed by atoms with Crippen LogP contribution in [0.3, 0.4) is 0 Å². The van der Waals surface area contributed by atoms with Gasteiger partial charge in [0, 0.05) is 29.8 Å². The fraction of sp³-hybridized carbons (Fsp3) is 0.111. The van der Waals surface area contributed by atoms with Gasteiger partial charge in [0.1, 0.15) is 12.2 Å². The van der Waals surface area contributed by atoms with Crippen LogP contribution in [0.5, 0.6) is 0 Å². The first-order chi connectivity index (χ1) is 11.8. The molecule has 3 heterocycles. The predicted octanol–water partition coefficient (Wildman–Crippen LogP) is 2.84. The number of nitrogens with zero attached hydrogens (tertiary/aromatic N) is 4. The van der Waals surface area contributed by atoms with Crippen molar-refractivity contribution in [1.82, 2.24) is 14.5 Å². The van der Waals surface area contributed by atoms with Crippen LogP contribution in [-0.4, -0.2) is 20.4 Å². The average molecular weight is 315 g/mol. The van der Waals surface area contributed by atoms with Crippen molar-refractivity contribution >= 4 is 28.7 Å². The Hall–Kier alpha value is -3.46. The molecule has 0 atom stereocenters. The lowest BCUT2D eigenvalue weighted by molar-refractivity contribution is -0.115. The van der Waals surface area contributed by atoms with Crippen LogP contribution in [0.1, 0.15) is 17.7 Å². The molecule has 0 fully saturated rings. The monoisotopic (exact) mass is 315 g/mol. The quantitative estimate of drug-likeness (QED) is 0.805. The van der Waals surface area contributed by atoms with Gasteiger partial charge in [-0.3, -0.25) is 9.78 Å². The third-order valence-electron chi connectivity index (χ3n) is 3.97. The van der Waals surface area contributed by atoms with Crippen LogP contribution in [-0.2, 0) is 11.2 Å². The van der Waals surface area contributed by atoms with Gasteiger partial charge in [-0.1, -0.05) is 12.2 Å². The van der Waals surface area contributed by atoms with Crippen molar-refractivity contribution in [3.05, 3.63) is 54.1 Å². The lowest BCUT2D eigenvalue weighted by Gasteiger charge is -2.09. The van der Waals surface area contributed by atoms with Crippen molar-refractivity contribution in [2.75, 3.05) is 5.32 Å². The maximum absolute atomic E-state index is 11.4. The SMILES string of the molecule is N#CCC(=O)Nc1ccc(-n2ccc3cnc4c(c32)C=CC4)cn1. The molecule has 3 aromatic heterocycles. The van der Waals surface area contributed by atoms with Crippen LogP contribution >= 0.6 is 0 Å². The lowest BCUT2D eigenvalue weighted by Crippen LogP contribution is -2.11. The van der Waals surface area contributed by atoms with Crippen LogP contribution in [0.2, 0.25) is 0 Å². The van der Waals surface area contributed by atoms with Crippen LogP contribution in [0.15, 0.2) is 42.9 Å². The molecular formula is C18H13N5O. The summed E-state index contributed by atoms with van der Waals surface area (Å²) in [4.78, 5) is 20.2. The second-order valence-corrected chi connectivity index (χ2v) is 5.50. The molecule has 1 aliphatic carbocycles. The highest BCUT2D eigenvalue weighted by Crippen LogP contribution is 2.29. The maximum atomic E-state index is 11.4. The second kappa shape index (κ2) is 5.63. The molecule has 0 bridgehead atoms. The molecule has 24 heavy (non-hydrogen) atoms. The van der Waals surface area contributed by atoms with Gasteiger partial charge in [-0.05, 0) is 18.2 Å². The molecule has 0 aliphatic heterocycles. The molecule has 6 nitrogen and oxygen atoms in total. The number of amides is 1. The normalized spacial score (nSPS) is 12.1. The van der Waals surface area contributed by atoms with Gasteiger partial charge in [-0.15, -0.1) is 0 Å². The number of anilines is 1. The Kier molecular flexibility index (Phi) is 3.32. The van der Waals surface area contributed by atoms with Gasteiger partial charge < -0.3 is 9.88 Å². The summed E-state index contributed by atoms with van der Waals surface area (Å²) < 4.78 is 2.07. The largest absolute Gasteiger partial charge is 0.314 e. The minimum Gasteiger partial charge on any atom is -0.314 e. The lowest BCUT2D eigenvalue weighted by atomic mass is 10.2. The van der Waals surface area contributed by atoms with E-state index in [9.17, 15) is 4.79 Å². The number of carbonyl (C=O) groups is 1. The molecule has 0 radical (unpaired) electrons. The zero-order valence-electron chi connectivity index (χ0n) is 12.7. The Morgan fingerprint density at radius 1 is 1.29 bits per heavy atom. The molecule has 116 valence electrons. The Bertz CT molecular complexity index is 1010. The number of hydrogen-bond donors (Lipinski definition) is 1. The van der Waals surface area contributed by atoms with Crippen molar-refractivity contribution in [1.29, 1.82) is 5.26 Å². The van der Waals surface area contributed by atoms with Crippen molar-refractivity contribution < 1.29 is 4.79 Å². The topological polar surface area (TPSA) is 83.6 Å². The number of rotatable bonds is 3. The number of hydrogen-bond acceptors (Lipinski definition) is 4. The molecule has 0 unspecified atom stereocenters. The molecule has 1 amide bonds. The molecule has 1 N–H and O–H groups in total. The van der Waals surface area contributed by atoms with Gasteiger partial charge in [0.25, 0.3) is 0 Å². The van der Waals surface area contributed by atoms with Crippen molar-refractivity contribution in [3.63, 3.8) is 0 Å². The van der Waals surface area contributed by atoms with E-state index in [0.717, 1.165) is 34.3 Å². The van der Waals surface area contributed by atoms with Crippen LogP contribution in [0.25, 0.3) is 22.7 Å². The predicted molar refractivity (Wildman–Crippen MR) is 90.5 cm³/mol. The number of allylic oxidation sites excluding steroid dienone is 1. The summed E-state index contributed by atoms with van der Waals surface area (Å²) in [5.74, 6) is 0.0699. The molecule has 0 saturated heterocycles. The molecular weight excluding hydrogens is 302 g/mol. The van der Waals surface area contributed by atoms with Crippen molar-refractivity contribution in [2.24, 2.45) is 0 Å². The zero-order valence-corrected chi connectivity index (χ0v) is 12.7. The van der Waals surface area contributed by atoms with E-state index in [1.165, 1.54) is 0 Å². The van der Waals surface area contributed by atoms with E-state index in [-0.39, 0.29) is 12.3 Å². The first-order valence-electron chi connectivity index (χ1n) is 7.55. The van der Waals surface area contributed by atoms with E-state index in [1.807, 2.05) is 30.6 Å². The molecule has 1 aliphatic rings. The zero-order chi connectivity index (χ0) is 16.5. The highest BCUT2D eigenvalue weighted by molar-refractivity contribution is 5.92. The molecule has 0 saturated carbocycles. The van der Waals surface area contributed by atoms with Crippen LogP contribution < -0.4 is 5.32 Å². The molecule has 0 spiro atoms. The highest BCUT2D eigenvalue weighted by atomic mass is 16.1. The Morgan fingerprint density at radius 2 is 2.21 bits per heavy atom. The first kappa shape index (κ1) is 14.2. The number of nitrogens with one attached hydrogen (secondary N) is 1. The van der Waals surface area contributed by atoms with Gasteiger partial charge in [-0.25, -0.2) is 4.98 Å². The van der Waals surface area contributed by atoms with Crippen LogP contribution in [0, 0.1) is 11.3 Å². The number of carbonyl (C=O) groups excluding carboxylic acids is 1. The Morgan fingerprint density at radius 3 is 3.00 bits per heavy atom. The van der Waals surface area contributed by atoms with Gasteiger partial charge >= 0.3 is 0 Å². The summed E-state index contributed by atoms with van der Waals surface area (Å²) in [5.41, 5.74) is 4.23. The summed E-state index contributed by atoms with van der Waals surface area (Å²) in [5, 5.41) is 12.2. The number of pyridine rings is 2. The minimum absolute atomic E-state index is 0.183. The maximum Gasteiger partial charge on any atom is 0.239 e. The molecule has 0 aromatic carbocycles. The van der Waals surface area contributed by atoms with E-state index >= 15 is 0 Å².